The van der Waals surface area contributed by atoms with Gasteiger partial charge in [-0.3, -0.25) is 0 Å². The molecule has 0 aromatic heterocycles. The van der Waals surface area contributed by atoms with Crippen LogP contribution >= 0.6 is 0 Å². The first-order chi connectivity index (χ1) is 19.0. The maximum atomic E-state index is 11.3. The van der Waals surface area contributed by atoms with Crippen molar-refractivity contribution in [1.82, 2.24) is 0 Å². The number of methoxy groups -OCH3 is 1. The normalized spacial score (nSPS) is 26.2. The van der Waals surface area contributed by atoms with Crippen LogP contribution in [0, 0.1) is 0 Å². The van der Waals surface area contributed by atoms with Crippen molar-refractivity contribution in [1.29, 1.82) is 0 Å². The number of rotatable bonds is 8. The molecule has 2 aliphatic heterocycles. The fourth-order valence-electron chi connectivity index (χ4n) is 5.84. The summed E-state index contributed by atoms with van der Waals surface area (Å²) in [5.41, 5.74) is 0. The van der Waals surface area contributed by atoms with Crippen LogP contribution in [-0.2, 0) is 18.6 Å². The molecule has 5 rings (SSSR count). The van der Waals surface area contributed by atoms with Gasteiger partial charge >= 0.3 is 0 Å². The van der Waals surface area contributed by atoms with Gasteiger partial charge in [-0.15, -0.1) is 0 Å². The highest BCUT2D eigenvalue weighted by Crippen LogP contribution is 2.41. The second kappa shape index (κ2) is 11.3. The molecule has 0 radical (unpaired) electrons. The smallest absolute Gasteiger partial charge is 0.261 e. The second-order valence-corrected chi connectivity index (χ2v) is 16.2. The van der Waals surface area contributed by atoms with Crippen LogP contribution in [0.2, 0.25) is 5.04 Å². The van der Waals surface area contributed by atoms with Gasteiger partial charge in [0.15, 0.2) is 5.79 Å². The summed E-state index contributed by atoms with van der Waals surface area (Å²) < 4.78 is 37.5. The van der Waals surface area contributed by atoms with E-state index in [1.807, 2.05) is 26.0 Å². The Balaban J connectivity index is 1.48. The molecule has 7 nitrogen and oxygen atoms in total. The van der Waals surface area contributed by atoms with E-state index < -0.39 is 44.8 Å². The van der Waals surface area contributed by atoms with E-state index in [-0.39, 0.29) is 11.6 Å². The first-order valence-corrected chi connectivity index (χ1v) is 15.7. The second-order valence-electron chi connectivity index (χ2n) is 11.9. The van der Waals surface area contributed by atoms with Gasteiger partial charge in [-0.05, 0) is 53.5 Å². The predicted molar refractivity (Wildman–Crippen MR) is 156 cm³/mol. The molecule has 0 saturated carbocycles. The van der Waals surface area contributed by atoms with Crippen LogP contribution in [0.15, 0.2) is 84.9 Å². The molecule has 40 heavy (non-hydrogen) atoms. The van der Waals surface area contributed by atoms with Gasteiger partial charge in [0.25, 0.3) is 8.32 Å². The first kappa shape index (κ1) is 28.8. The van der Waals surface area contributed by atoms with Crippen molar-refractivity contribution < 1.29 is 33.2 Å². The monoisotopic (exact) mass is 564 g/mol. The van der Waals surface area contributed by atoms with Crippen molar-refractivity contribution in [2.75, 3.05) is 13.7 Å². The maximum absolute atomic E-state index is 11.3. The van der Waals surface area contributed by atoms with Gasteiger partial charge in [-0.2, -0.15) is 0 Å². The minimum Gasteiger partial charge on any atom is -0.497 e. The highest BCUT2D eigenvalue weighted by Gasteiger charge is 2.57. The van der Waals surface area contributed by atoms with Gasteiger partial charge < -0.3 is 33.2 Å². The molecule has 0 unspecified atom stereocenters. The van der Waals surface area contributed by atoms with E-state index >= 15 is 0 Å². The van der Waals surface area contributed by atoms with Gasteiger partial charge in [0.1, 0.15) is 35.9 Å². The molecule has 214 valence electrons. The van der Waals surface area contributed by atoms with Crippen molar-refractivity contribution in [2.45, 2.75) is 76.1 Å². The number of hydrogen-bond donors (Lipinski definition) is 1. The standard InChI is InChI=1S/C32H40O7Si/c1-31(2,3)40(24-13-9-7-10-14-24,25-15-11-8-12-16-25)35-21-26-28-29(39-32(4,5)38-28)27(33)30(37-26)36-23-19-17-22(34-6)18-20-23/h7-20,26-30,33H,21H2,1-6H3/t26-,27-,28+,29-,30-/m1/s1. The Kier molecular flexibility index (Phi) is 8.12. The summed E-state index contributed by atoms with van der Waals surface area (Å²) in [7, 11) is -1.22. The van der Waals surface area contributed by atoms with E-state index in [0.717, 1.165) is 0 Å². The van der Waals surface area contributed by atoms with E-state index in [1.54, 1.807) is 31.4 Å². The van der Waals surface area contributed by atoms with E-state index in [0.29, 0.717) is 11.5 Å². The summed E-state index contributed by atoms with van der Waals surface area (Å²) >= 11 is 0. The number of benzene rings is 3. The largest absolute Gasteiger partial charge is 0.497 e. The van der Waals surface area contributed by atoms with Crippen LogP contribution in [-0.4, -0.2) is 63.6 Å². The summed E-state index contributed by atoms with van der Waals surface area (Å²) in [4.78, 5) is 0. The molecular formula is C32H40O7Si. The molecule has 2 fully saturated rings. The van der Waals surface area contributed by atoms with Crippen LogP contribution in [0.3, 0.4) is 0 Å². The Bertz CT molecular complexity index is 1200. The van der Waals surface area contributed by atoms with Crippen LogP contribution in [0.25, 0.3) is 0 Å². The Morgan fingerprint density at radius 2 is 1.32 bits per heavy atom. The molecule has 0 spiro atoms. The Morgan fingerprint density at radius 1 is 0.800 bits per heavy atom. The van der Waals surface area contributed by atoms with Crippen molar-refractivity contribution >= 4 is 18.7 Å². The van der Waals surface area contributed by atoms with Crippen molar-refractivity contribution in [3.05, 3.63) is 84.9 Å². The Morgan fingerprint density at radius 3 is 1.85 bits per heavy atom. The fraction of sp³-hybridized carbons (Fsp3) is 0.438. The van der Waals surface area contributed by atoms with E-state index in [4.69, 9.17) is 28.1 Å². The number of fused-ring (bicyclic) bond motifs is 1. The average molecular weight is 565 g/mol. The first-order valence-electron chi connectivity index (χ1n) is 13.8. The third kappa shape index (κ3) is 5.57. The summed E-state index contributed by atoms with van der Waals surface area (Å²) in [6.45, 7) is 10.6. The van der Waals surface area contributed by atoms with Crippen molar-refractivity contribution in [2.24, 2.45) is 0 Å². The summed E-state index contributed by atoms with van der Waals surface area (Å²) in [5, 5.41) is 13.4. The minimum atomic E-state index is -2.83. The number of aliphatic hydroxyl groups is 1. The zero-order valence-electron chi connectivity index (χ0n) is 24.1. The lowest BCUT2D eigenvalue weighted by Gasteiger charge is -2.45. The molecule has 2 saturated heterocycles. The molecule has 3 aromatic rings. The van der Waals surface area contributed by atoms with Gasteiger partial charge in [0.05, 0.1) is 13.7 Å². The Labute approximate surface area is 238 Å². The fourth-order valence-corrected chi connectivity index (χ4v) is 10.4. The molecular weight excluding hydrogens is 524 g/mol. The van der Waals surface area contributed by atoms with E-state index in [2.05, 4.69) is 69.3 Å². The molecule has 2 heterocycles. The molecule has 2 aliphatic rings. The minimum absolute atomic E-state index is 0.200. The number of ether oxygens (including phenoxy) is 5. The third-order valence-electron chi connectivity index (χ3n) is 7.65. The van der Waals surface area contributed by atoms with Crippen molar-refractivity contribution in [3.8, 4) is 11.5 Å². The van der Waals surface area contributed by atoms with Crippen LogP contribution in [0.1, 0.15) is 34.6 Å². The maximum Gasteiger partial charge on any atom is 0.261 e. The van der Waals surface area contributed by atoms with Gasteiger partial charge in [0.2, 0.25) is 6.29 Å². The van der Waals surface area contributed by atoms with Crippen LogP contribution in [0.5, 0.6) is 11.5 Å². The highest BCUT2D eigenvalue weighted by atomic mass is 28.4. The van der Waals surface area contributed by atoms with Crippen molar-refractivity contribution in [3.63, 3.8) is 0 Å². The van der Waals surface area contributed by atoms with Gasteiger partial charge in [0, 0.05) is 0 Å². The zero-order chi connectivity index (χ0) is 28.5. The SMILES string of the molecule is COc1ccc(O[C@@H]2O[C@H](CO[Si](c3ccccc3)(c3ccccc3)C(C)(C)C)[C@@H]3OC(C)(C)O[C@@H]3[C@H]2O)cc1. The summed E-state index contributed by atoms with van der Waals surface area (Å²) in [6.07, 6.45) is -3.74. The molecule has 0 bridgehead atoms. The molecule has 0 amide bonds. The topological polar surface area (TPSA) is 75.6 Å². The molecule has 3 aromatic carbocycles. The lowest BCUT2D eigenvalue weighted by atomic mass is 9.99. The quantitative estimate of drug-likeness (QED) is 0.410. The lowest BCUT2D eigenvalue weighted by Crippen LogP contribution is -2.68. The number of aliphatic hydroxyl groups excluding tert-OH is 1. The summed E-state index contributed by atoms with van der Waals surface area (Å²) in [6, 6.07) is 28.1. The predicted octanol–water partition coefficient (Wildman–Crippen LogP) is 4.26. The average Bonchev–Trinajstić information content (AvgIpc) is 3.28. The zero-order valence-corrected chi connectivity index (χ0v) is 25.1. The van der Waals surface area contributed by atoms with E-state index in [9.17, 15) is 5.11 Å². The van der Waals surface area contributed by atoms with Crippen LogP contribution in [0.4, 0.5) is 0 Å². The molecule has 8 heteroatoms. The number of hydrogen-bond acceptors (Lipinski definition) is 7. The highest BCUT2D eigenvalue weighted by molar-refractivity contribution is 6.99. The van der Waals surface area contributed by atoms with Gasteiger partial charge in [-0.1, -0.05) is 81.4 Å². The molecule has 1 N–H and O–H groups in total. The third-order valence-corrected chi connectivity index (χ3v) is 12.7. The summed E-state index contributed by atoms with van der Waals surface area (Å²) in [5.74, 6) is 0.376. The van der Waals surface area contributed by atoms with Crippen LogP contribution < -0.4 is 19.8 Å². The van der Waals surface area contributed by atoms with Gasteiger partial charge in [-0.25, -0.2) is 0 Å². The molecule has 5 atom stereocenters. The van der Waals surface area contributed by atoms with E-state index in [1.165, 1.54) is 10.4 Å². The lowest BCUT2D eigenvalue weighted by molar-refractivity contribution is -0.253. The molecule has 0 aliphatic carbocycles. The Hall–Kier alpha value is -2.72.